The number of carbonyl (C=O) groups excluding carboxylic acids is 3. The number of urea groups is 1. The Hall–Kier alpha value is -2.83. The molecule has 0 aromatic heterocycles. The molecule has 0 atom stereocenters. The van der Waals surface area contributed by atoms with Gasteiger partial charge in [0, 0.05) is 38.0 Å². The summed E-state index contributed by atoms with van der Waals surface area (Å²) in [7, 11) is 0. The summed E-state index contributed by atoms with van der Waals surface area (Å²) in [5, 5.41) is 2.33. The predicted octanol–water partition coefficient (Wildman–Crippen LogP) is 1.21. The minimum absolute atomic E-state index is 0.0361. The standard InChI is InChI=1S/C20H26N4O3/c21-19(27)22-14-18(26)23-11-8-20(9-12-23)13-17(25)24(15-20)10-4-7-16-5-2-1-3-6-16/h1-7H,8-15H2,(H3,21,22,27). The van der Waals surface area contributed by atoms with Crippen molar-refractivity contribution in [3.8, 4) is 0 Å². The van der Waals surface area contributed by atoms with Crippen molar-refractivity contribution in [3.05, 3.63) is 42.0 Å². The van der Waals surface area contributed by atoms with Gasteiger partial charge in [0.25, 0.3) is 0 Å². The van der Waals surface area contributed by atoms with Crippen LogP contribution >= 0.6 is 0 Å². The molecule has 27 heavy (non-hydrogen) atoms. The third kappa shape index (κ3) is 4.87. The highest BCUT2D eigenvalue weighted by atomic mass is 16.2. The summed E-state index contributed by atoms with van der Waals surface area (Å²) < 4.78 is 0. The summed E-state index contributed by atoms with van der Waals surface area (Å²) in [5.74, 6) is 0.0542. The molecule has 2 aliphatic rings. The highest BCUT2D eigenvalue weighted by Gasteiger charge is 2.44. The van der Waals surface area contributed by atoms with Gasteiger partial charge in [0.15, 0.2) is 0 Å². The first-order chi connectivity index (χ1) is 13.0. The maximum atomic E-state index is 12.4. The van der Waals surface area contributed by atoms with Crippen molar-refractivity contribution >= 4 is 23.9 Å². The monoisotopic (exact) mass is 370 g/mol. The van der Waals surface area contributed by atoms with E-state index in [1.807, 2.05) is 47.4 Å². The molecule has 1 spiro atoms. The maximum absolute atomic E-state index is 12.4. The average Bonchev–Trinajstić information content (AvgIpc) is 2.96. The number of nitrogens with one attached hydrogen (secondary N) is 1. The molecule has 0 saturated carbocycles. The van der Waals surface area contributed by atoms with Crippen molar-refractivity contribution in [1.82, 2.24) is 15.1 Å². The molecule has 7 nitrogen and oxygen atoms in total. The molecule has 0 radical (unpaired) electrons. The zero-order chi connectivity index (χ0) is 19.3. The van der Waals surface area contributed by atoms with Crippen molar-refractivity contribution in [2.24, 2.45) is 11.1 Å². The van der Waals surface area contributed by atoms with Crippen LogP contribution in [0.25, 0.3) is 6.08 Å². The summed E-state index contributed by atoms with van der Waals surface area (Å²) in [6, 6.07) is 9.32. The normalized spacial score (nSPS) is 19.0. The quantitative estimate of drug-likeness (QED) is 0.815. The van der Waals surface area contributed by atoms with Gasteiger partial charge in [0.1, 0.15) is 0 Å². The van der Waals surface area contributed by atoms with Crippen LogP contribution in [0.1, 0.15) is 24.8 Å². The SMILES string of the molecule is NC(=O)NCC(=O)N1CCC2(CC1)CC(=O)N(CC=Cc1ccccc1)C2. The van der Waals surface area contributed by atoms with Gasteiger partial charge < -0.3 is 20.9 Å². The smallest absolute Gasteiger partial charge is 0.312 e. The lowest BCUT2D eigenvalue weighted by molar-refractivity contribution is -0.132. The van der Waals surface area contributed by atoms with Gasteiger partial charge in [0.2, 0.25) is 11.8 Å². The van der Waals surface area contributed by atoms with Crippen molar-refractivity contribution in [2.45, 2.75) is 19.3 Å². The molecule has 1 aromatic carbocycles. The molecule has 3 rings (SSSR count). The van der Waals surface area contributed by atoms with Gasteiger partial charge in [-0.1, -0.05) is 42.5 Å². The number of hydrogen-bond donors (Lipinski definition) is 2. The van der Waals surface area contributed by atoms with E-state index in [2.05, 4.69) is 5.32 Å². The Labute approximate surface area is 159 Å². The minimum Gasteiger partial charge on any atom is -0.352 e. The fourth-order valence-electron chi connectivity index (χ4n) is 3.87. The second-order valence-corrected chi connectivity index (χ2v) is 7.36. The number of likely N-dealkylation sites (tertiary alicyclic amines) is 2. The number of hydrogen-bond acceptors (Lipinski definition) is 3. The van der Waals surface area contributed by atoms with Gasteiger partial charge in [0.05, 0.1) is 6.54 Å². The van der Waals surface area contributed by atoms with Gasteiger partial charge in [-0.05, 0) is 18.4 Å². The third-order valence-corrected chi connectivity index (χ3v) is 5.43. The summed E-state index contributed by atoms with van der Waals surface area (Å²) >= 11 is 0. The van der Waals surface area contributed by atoms with Crippen LogP contribution in [0, 0.1) is 5.41 Å². The van der Waals surface area contributed by atoms with Gasteiger partial charge in [-0.2, -0.15) is 0 Å². The molecule has 7 heteroatoms. The first-order valence-corrected chi connectivity index (χ1v) is 9.28. The van der Waals surface area contributed by atoms with Gasteiger partial charge in [-0.15, -0.1) is 0 Å². The summed E-state index contributed by atoms with van der Waals surface area (Å²) in [6.45, 7) is 2.51. The average molecular weight is 370 g/mol. The topological polar surface area (TPSA) is 95.7 Å². The Morgan fingerprint density at radius 3 is 2.56 bits per heavy atom. The molecule has 3 N–H and O–H groups in total. The van der Waals surface area contributed by atoms with E-state index in [1.165, 1.54) is 0 Å². The van der Waals surface area contributed by atoms with Crippen LogP contribution in [0.5, 0.6) is 0 Å². The number of piperidine rings is 1. The molecule has 4 amide bonds. The lowest BCUT2D eigenvalue weighted by Gasteiger charge is -2.38. The van der Waals surface area contributed by atoms with E-state index in [-0.39, 0.29) is 23.8 Å². The van der Waals surface area contributed by atoms with Crippen LogP contribution in [0.4, 0.5) is 4.79 Å². The molecule has 0 bridgehead atoms. The second kappa shape index (κ2) is 8.24. The Morgan fingerprint density at radius 1 is 1.19 bits per heavy atom. The first kappa shape index (κ1) is 18.9. The minimum atomic E-state index is -0.697. The highest BCUT2D eigenvalue weighted by molar-refractivity contribution is 5.83. The molecule has 2 aliphatic heterocycles. The fourth-order valence-corrected chi connectivity index (χ4v) is 3.87. The summed E-state index contributed by atoms with van der Waals surface area (Å²) in [5.41, 5.74) is 6.09. The molecule has 0 aliphatic carbocycles. The molecular weight excluding hydrogens is 344 g/mol. The van der Waals surface area contributed by atoms with E-state index in [0.717, 1.165) is 24.9 Å². The van der Waals surface area contributed by atoms with E-state index in [1.54, 1.807) is 4.90 Å². The van der Waals surface area contributed by atoms with Crippen molar-refractivity contribution < 1.29 is 14.4 Å². The Balaban J connectivity index is 1.49. The summed E-state index contributed by atoms with van der Waals surface area (Å²) in [4.78, 5) is 38.9. The first-order valence-electron chi connectivity index (χ1n) is 9.28. The summed E-state index contributed by atoms with van der Waals surface area (Å²) in [6.07, 6.45) is 6.22. The molecule has 2 heterocycles. The third-order valence-electron chi connectivity index (χ3n) is 5.43. The molecule has 0 unspecified atom stereocenters. The Bertz CT molecular complexity index is 724. The lowest BCUT2D eigenvalue weighted by Crippen LogP contribution is -2.48. The van der Waals surface area contributed by atoms with E-state index in [4.69, 9.17) is 5.73 Å². The van der Waals surface area contributed by atoms with Crippen LogP contribution in [0.3, 0.4) is 0 Å². The van der Waals surface area contributed by atoms with Crippen LogP contribution in [0.15, 0.2) is 36.4 Å². The lowest BCUT2D eigenvalue weighted by atomic mass is 9.77. The molecule has 1 aromatic rings. The Morgan fingerprint density at radius 2 is 1.89 bits per heavy atom. The van der Waals surface area contributed by atoms with Gasteiger partial charge >= 0.3 is 6.03 Å². The number of benzene rings is 1. The largest absolute Gasteiger partial charge is 0.352 e. The van der Waals surface area contributed by atoms with Crippen LogP contribution in [-0.4, -0.2) is 60.4 Å². The van der Waals surface area contributed by atoms with Crippen LogP contribution in [-0.2, 0) is 9.59 Å². The fraction of sp³-hybridized carbons (Fsp3) is 0.450. The van der Waals surface area contributed by atoms with Crippen molar-refractivity contribution in [2.75, 3.05) is 32.7 Å². The second-order valence-electron chi connectivity index (χ2n) is 7.36. The van der Waals surface area contributed by atoms with Gasteiger partial charge in [-0.25, -0.2) is 4.79 Å². The van der Waals surface area contributed by atoms with Gasteiger partial charge in [-0.3, -0.25) is 9.59 Å². The predicted molar refractivity (Wildman–Crippen MR) is 103 cm³/mol. The zero-order valence-electron chi connectivity index (χ0n) is 15.4. The molecule has 2 fully saturated rings. The number of nitrogens with zero attached hydrogens (tertiary/aromatic N) is 2. The molecular formula is C20H26N4O3. The number of amides is 4. The van der Waals surface area contributed by atoms with Crippen LogP contribution < -0.4 is 11.1 Å². The van der Waals surface area contributed by atoms with Crippen LogP contribution in [0.2, 0.25) is 0 Å². The van der Waals surface area contributed by atoms with E-state index in [0.29, 0.717) is 26.1 Å². The highest BCUT2D eigenvalue weighted by Crippen LogP contribution is 2.40. The van der Waals surface area contributed by atoms with E-state index >= 15 is 0 Å². The number of rotatable bonds is 5. The zero-order valence-corrected chi connectivity index (χ0v) is 15.4. The molecule has 144 valence electrons. The number of nitrogens with two attached hydrogens (primary N) is 1. The van der Waals surface area contributed by atoms with Crippen molar-refractivity contribution in [3.63, 3.8) is 0 Å². The number of carbonyl (C=O) groups is 3. The Kier molecular flexibility index (Phi) is 5.78. The van der Waals surface area contributed by atoms with Crippen molar-refractivity contribution in [1.29, 1.82) is 0 Å². The van der Waals surface area contributed by atoms with E-state index in [9.17, 15) is 14.4 Å². The maximum Gasteiger partial charge on any atom is 0.312 e. The number of primary amides is 1. The van der Waals surface area contributed by atoms with E-state index < -0.39 is 6.03 Å². The molecule has 2 saturated heterocycles.